The van der Waals surface area contributed by atoms with E-state index in [1.54, 1.807) is 0 Å². The number of benzene rings is 1. The van der Waals surface area contributed by atoms with Crippen molar-refractivity contribution >= 4 is 11.8 Å². The van der Waals surface area contributed by atoms with E-state index < -0.39 is 0 Å². The lowest BCUT2D eigenvalue weighted by molar-refractivity contribution is 0.687. The van der Waals surface area contributed by atoms with Gasteiger partial charge in [-0.05, 0) is 12.0 Å². The molecule has 0 amide bonds. The van der Waals surface area contributed by atoms with Gasteiger partial charge in [0.25, 0.3) is 0 Å². The summed E-state index contributed by atoms with van der Waals surface area (Å²) in [5.74, 6) is 0. The van der Waals surface area contributed by atoms with Crippen LogP contribution in [-0.4, -0.2) is 5.37 Å². The average molecular weight is 220 g/mol. The van der Waals surface area contributed by atoms with Gasteiger partial charge in [0.2, 0.25) is 0 Å². The number of thioether (sulfide) groups is 1. The molecule has 80 valence electrons. The predicted molar refractivity (Wildman–Crippen MR) is 64.9 cm³/mol. The van der Waals surface area contributed by atoms with Gasteiger partial charge in [-0.15, -0.1) is 0 Å². The van der Waals surface area contributed by atoms with E-state index in [2.05, 4.69) is 41.4 Å². The number of azo groups is 1. The van der Waals surface area contributed by atoms with Crippen LogP contribution in [0.25, 0.3) is 0 Å². The highest BCUT2D eigenvalue weighted by atomic mass is 32.2. The van der Waals surface area contributed by atoms with E-state index in [0.717, 1.165) is 6.42 Å². The van der Waals surface area contributed by atoms with Gasteiger partial charge in [-0.2, -0.15) is 10.2 Å². The Morgan fingerprint density at radius 1 is 1.20 bits per heavy atom. The van der Waals surface area contributed by atoms with Gasteiger partial charge in [0.15, 0.2) is 0 Å². The fourth-order valence-electron chi connectivity index (χ4n) is 1.61. The lowest BCUT2D eigenvalue weighted by Gasteiger charge is -2.07. The molecule has 1 heterocycles. The third-order valence-corrected chi connectivity index (χ3v) is 3.74. The number of unbranched alkanes of at least 4 members (excludes halogenated alkanes) is 1. The Morgan fingerprint density at radius 2 is 2.00 bits per heavy atom. The maximum Gasteiger partial charge on any atom is 0.143 e. The van der Waals surface area contributed by atoms with Crippen LogP contribution in [0.5, 0.6) is 0 Å². The minimum Gasteiger partial charge on any atom is -0.178 e. The summed E-state index contributed by atoms with van der Waals surface area (Å²) in [7, 11) is 0. The smallest absolute Gasteiger partial charge is 0.143 e. The highest BCUT2D eigenvalue weighted by Crippen LogP contribution is 2.41. The van der Waals surface area contributed by atoms with Crippen LogP contribution in [0.15, 0.2) is 40.6 Å². The second-order valence-corrected chi connectivity index (χ2v) is 4.99. The number of hydrogen-bond acceptors (Lipinski definition) is 3. The maximum absolute atomic E-state index is 4.33. The summed E-state index contributed by atoms with van der Waals surface area (Å²) in [6, 6.07) is 10.4. The van der Waals surface area contributed by atoms with Gasteiger partial charge in [-0.25, -0.2) is 0 Å². The fourth-order valence-corrected chi connectivity index (χ4v) is 2.74. The van der Waals surface area contributed by atoms with Crippen molar-refractivity contribution in [2.45, 2.75) is 36.9 Å². The van der Waals surface area contributed by atoms with Crippen LogP contribution < -0.4 is 0 Å². The Bertz CT molecular complexity index is 324. The molecular formula is C12H16N2S. The summed E-state index contributed by atoms with van der Waals surface area (Å²) in [5, 5.41) is 9.26. The summed E-state index contributed by atoms with van der Waals surface area (Å²) < 4.78 is 0. The van der Waals surface area contributed by atoms with Gasteiger partial charge < -0.3 is 0 Å². The van der Waals surface area contributed by atoms with E-state index in [9.17, 15) is 0 Å². The molecule has 0 saturated heterocycles. The highest BCUT2D eigenvalue weighted by molar-refractivity contribution is 8.00. The van der Waals surface area contributed by atoms with Gasteiger partial charge in [-0.3, -0.25) is 0 Å². The predicted octanol–water partition coefficient (Wildman–Crippen LogP) is 4.40. The standard InChI is InChI=1S/C12H16N2S/c1-2-3-9-11-13-14-12(15-11)10-7-5-4-6-8-10/h4-8,11-12H,2-3,9H2,1H3. The number of hydrogen-bond donors (Lipinski definition) is 0. The molecule has 1 aromatic rings. The second kappa shape index (κ2) is 5.31. The van der Waals surface area contributed by atoms with Crippen molar-refractivity contribution < 1.29 is 0 Å². The lowest BCUT2D eigenvalue weighted by Crippen LogP contribution is -1.95. The fraction of sp³-hybridized carbons (Fsp3) is 0.500. The van der Waals surface area contributed by atoms with Crippen LogP contribution in [0.3, 0.4) is 0 Å². The van der Waals surface area contributed by atoms with Crippen molar-refractivity contribution in [2.75, 3.05) is 0 Å². The summed E-state index contributed by atoms with van der Waals surface area (Å²) in [6.45, 7) is 2.21. The van der Waals surface area contributed by atoms with Gasteiger partial charge in [-0.1, -0.05) is 61.9 Å². The molecule has 0 radical (unpaired) electrons. The number of nitrogens with zero attached hydrogens (tertiary/aromatic N) is 2. The van der Waals surface area contributed by atoms with Crippen LogP contribution in [0.2, 0.25) is 0 Å². The van der Waals surface area contributed by atoms with E-state index in [0.29, 0.717) is 5.37 Å². The molecule has 1 aliphatic rings. The monoisotopic (exact) mass is 220 g/mol. The van der Waals surface area contributed by atoms with Crippen LogP contribution in [0, 0.1) is 0 Å². The first-order valence-corrected chi connectivity index (χ1v) is 6.45. The molecule has 2 nitrogen and oxygen atoms in total. The molecule has 1 aromatic carbocycles. The van der Waals surface area contributed by atoms with E-state index in [1.165, 1.54) is 18.4 Å². The zero-order valence-corrected chi connectivity index (χ0v) is 9.78. The molecule has 0 fully saturated rings. The first-order chi connectivity index (χ1) is 7.40. The quantitative estimate of drug-likeness (QED) is 0.738. The van der Waals surface area contributed by atoms with E-state index in [4.69, 9.17) is 0 Å². The molecule has 2 rings (SSSR count). The third kappa shape index (κ3) is 2.81. The molecule has 0 spiro atoms. The van der Waals surface area contributed by atoms with Gasteiger partial charge in [0.1, 0.15) is 10.7 Å². The zero-order valence-electron chi connectivity index (χ0n) is 8.97. The number of rotatable bonds is 4. The highest BCUT2D eigenvalue weighted by Gasteiger charge is 2.23. The van der Waals surface area contributed by atoms with Crippen molar-refractivity contribution in [2.24, 2.45) is 10.2 Å². The summed E-state index contributed by atoms with van der Waals surface area (Å²) >= 11 is 1.87. The van der Waals surface area contributed by atoms with E-state index in [-0.39, 0.29) is 5.37 Å². The van der Waals surface area contributed by atoms with Crippen molar-refractivity contribution in [3.8, 4) is 0 Å². The second-order valence-electron chi connectivity index (χ2n) is 3.73. The molecule has 0 aromatic heterocycles. The lowest BCUT2D eigenvalue weighted by atomic mass is 10.2. The minimum absolute atomic E-state index is 0.230. The molecule has 2 unspecified atom stereocenters. The molecule has 1 aliphatic heterocycles. The Morgan fingerprint density at radius 3 is 2.73 bits per heavy atom. The topological polar surface area (TPSA) is 24.7 Å². The first kappa shape index (κ1) is 10.7. The maximum atomic E-state index is 4.33. The van der Waals surface area contributed by atoms with Crippen LogP contribution >= 0.6 is 11.8 Å². The molecule has 3 heteroatoms. The Hall–Kier alpha value is -0.830. The van der Waals surface area contributed by atoms with Gasteiger partial charge in [0.05, 0.1) is 0 Å². The zero-order chi connectivity index (χ0) is 10.5. The molecule has 0 aliphatic carbocycles. The normalized spacial score (nSPS) is 24.6. The Labute approximate surface area is 95.2 Å². The average Bonchev–Trinajstić information content (AvgIpc) is 2.76. The third-order valence-electron chi connectivity index (χ3n) is 2.48. The largest absolute Gasteiger partial charge is 0.178 e. The van der Waals surface area contributed by atoms with Crippen molar-refractivity contribution in [1.29, 1.82) is 0 Å². The van der Waals surface area contributed by atoms with Crippen LogP contribution in [-0.2, 0) is 0 Å². The summed E-state index contributed by atoms with van der Waals surface area (Å²) in [4.78, 5) is 0. The molecule has 2 atom stereocenters. The molecule has 0 bridgehead atoms. The van der Waals surface area contributed by atoms with E-state index >= 15 is 0 Å². The SMILES string of the molecule is CCCCC1N=NC(c2ccccc2)S1. The molecule has 15 heavy (non-hydrogen) atoms. The van der Waals surface area contributed by atoms with Crippen LogP contribution in [0.1, 0.15) is 37.1 Å². The van der Waals surface area contributed by atoms with Gasteiger partial charge >= 0.3 is 0 Å². The molecular weight excluding hydrogens is 204 g/mol. The minimum atomic E-state index is 0.230. The molecule has 0 N–H and O–H groups in total. The first-order valence-electron chi connectivity index (χ1n) is 5.50. The van der Waals surface area contributed by atoms with Crippen LogP contribution in [0.4, 0.5) is 0 Å². The molecule has 0 saturated carbocycles. The van der Waals surface area contributed by atoms with Crippen molar-refractivity contribution in [3.63, 3.8) is 0 Å². The summed E-state index contributed by atoms with van der Waals surface area (Å²) in [6.07, 6.45) is 3.65. The van der Waals surface area contributed by atoms with Crippen molar-refractivity contribution in [3.05, 3.63) is 35.9 Å². The van der Waals surface area contributed by atoms with E-state index in [1.807, 2.05) is 17.8 Å². The summed E-state index contributed by atoms with van der Waals surface area (Å²) in [5.41, 5.74) is 1.27. The Balaban J connectivity index is 1.91. The van der Waals surface area contributed by atoms with Gasteiger partial charge in [0, 0.05) is 0 Å². The van der Waals surface area contributed by atoms with Crippen molar-refractivity contribution in [1.82, 2.24) is 0 Å². The Kier molecular flexibility index (Phi) is 3.78.